The van der Waals surface area contributed by atoms with Crippen LogP contribution in [-0.2, 0) is 0 Å². The number of hydrogen-bond acceptors (Lipinski definition) is 2. The molecule has 0 spiro atoms. The fourth-order valence-corrected chi connectivity index (χ4v) is 3.02. The van der Waals surface area contributed by atoms with E-state index in [4.69, 9.17) is 16.3 Å². The fraction of sp³-hybridized carbons (Fsp3) is 0.647. The van der Waals surface area contributed by atoms with Crippen molar-refractivity contribution in [2.75, 3.05) is 6.54 Å². The highest BCUT2D eigenvalue weighted by molar-refractivity contribution is 6.30. The molecular weight excluding hydrogens is 270 g/mol. The maximum absolute atomic E-state index is 6.13. The topological polar surface area (TPSA) is 21.3 Å². The standard InChI is InChI=1S/C17H26ClNO/c1-4-5-6-7-10-19-15-12-17(2,3)20-16-9-8-13(18)11-14(15)16/h8-9,11,15,19H,4-7,10,12H2,1-3H3. The fourth-order valence-electron chi connectivity index (χ4n) is 2.84. The van der Waals surface area contributed by atoms with Crippen LogP contribution in [0.2, 0.25) is 5.02 Å². The highest BCUT2D eigenvalue weighted by Gasteiger charge is 2.33. The van der Waals surface area contributed by atoms with Crippen LogP contribution in [-0.4, -0.2) is 12.1 Å². The van der Waals surface area contributed by atoms with Gasteiger partial charge in [-0.1, -0.05) is 37.8 Å². The Morgan fingerprint density at radius 1 is 1.30 bits per heavy atom. The minimum absolute atomic E-state index is 0.123. The van der Waals surface area contributed by atoms with Crippen molar-refractivity contribution in [3.05, 3.63) is 28.8 Å². The predicted molar refractivity (Wildman–Crippen MR) is 85.7 cm³/mol. The van der Waals surface area contributed by atoms with Gasteiger partial charge in [-0.15, -0.1) is 0 Å². The maximum Gasteiger partial charge on any atom is 0.124 e. The minimum atomic E-state index is -0.123. The summed E-state index contributed by atoms with van der Waals surface area (Å²) < 4.78 is 6.05. The number of benzene rings is 1. The maximum atomic E-state index is 6.13. The van der Waals surface area contributed by atoms with E-state index >= 15 is 0 Å². The van der Waals surface area contributed by atoms with E-state index in [0.717, 1.165) is 23.7 Å². The Balaban J connectivity index is 2.02. The van der Waals surface area contributed by atoms with Crippen molar-refractivity contribution in [2.45, 2.75) is 64.5 Å². The van der Waals surface area contributed by atoms with Crippen molar-refractivity contribution in [3.63, 3.8) is 0 Å². The highest BCUT2D eigenvalue weighted by atomic mass is 35.5. The first-order chi connectivity index (χ1) is 9.52. The molecule has 0 saturated heterocycles. The first-order valence-electron chi connectivity index (χ1n) is 7.74. The molecule has 1 aliphatic rings. The number of rotatable bonds is 6. The van der Waals surface area contributed by atoms with Crippen LogP contribution in [0.15, 0.2) is 18.2 Å². The lowest BCUT2D eigenvalue weighted by Crippen LogP contribution is -2.39. The van der Waals surface area contributed by atoms with E-state index in [2.05, 4.69) is 26.1 Å². The number of hydrogen-bond donors (Lipinski definition) is 1. The molecule has 2 rings (SSSR count). The van der Waals surface area contributed by atoms with Gasteiger partial charge in [-0.3, -0.25) is 0 Å². The first-order valence-corrected chi connectivity index (χ1v) is 8.11. The van der Waals surface area contributed by atoms with Crippen molar-refractivity contribution >= 4 is 11.6 Å². The molecule has 3 heteroatoms. The number of ether oxygens (including phenoxy) is 1. The van der Waals surface area contributed by atoms with Gasteiger partial charge in [0.2, 0.25) is 0 Å². The molecule has 1 aromatic rings. The van der Waals surface area contributed by atoms with Crippen molar-refractivity contribution in [1.82, 2.24) is 5.32 Å². The summed E-state index contributed by atoms with van der Waals surface area (Å²) in [6.07, 6.45) is 6.13. The minimum Gasteiger partial charge on any atom is -0.487 e. The zero-order chi connectivity index (χ0) is 14.6. The van der Waals surface area contributed by atoms with Gasteiger partial charge < -0.3 is 10.1 Å². The van der Waals surface area contributed by atoms with E-state index in [1.807, 2.05) is 18.2 Å². The Morgan fingerprint density at radius 2 is 2.10 bits per heavy atom. The average molecular weight is 296 g/mol. The normalized spacial score (nSPS) is 20.3. The predicted octanol–water partition coefficient (Wildman–Crippen LogP) is 5.11. The molecule has 0 saturated carbocycles. The second kappa shape index (κ2) is 6.82. The summed E-state index contributed by atoms with van der Waals surface area (Å²) >= 11 is 6.13. The van der Waals surface area contributed by atoms with Crippen LogP contribution in [0, 0.1) is 0 Å². The van der Waals surface area contributed by atoms with E-state index in [9.17, 15) is 0 Å². The van der Waals surface area contributed by atoms with Crippen LogP contribution < -0.4 is 10.1 Å². The quantitative estimate of drug-likeness (QED) is 0.736. The van der Waals surface area contributed by atoms with Gasteiger partial charge >= 0.3 is 0 Å². The van der Waals surface area contributed by atoms with Crippen molar-refractivity contribution in [2.24, 2.45) is 0 Å². The molecule has 1 N–H and O–H groups in total. The van der Waals surface area contributed by atoms with Crippen molar-refractivity contribution in [1.29, 1.82) is 0 Å². The summed E-state index contributed by atoms with van der Waals surface area (Å²) in [6, 6.07) is 6.27. The molecule has 1 aromatic carbocycles. The van der Waals surface area contributed by atoms with E-state index in [1.165, 1.54) is 31.2 Å². The molecule has 0 aromatic heterocycles. The van der Waals surface area contributed by atoms with Gasteiger partial charge in [-0.2, -0.15) is 0 Å². The third-order valence-electron chi connectivity index (χ3n) is 3.85. The lowest BCUT2D eigenvalue weighted by atomic mass is 9.89. The number of fused-ring (bicyclic) bond motifs is 1. The Bertz CT molecular complexity index is 445. The molecule has 1 heterocycles. The van der Waals surface area contributed by atoms with E-state index in [0.29, 0.717) is 6.04 Å². The number of unbranched alkanes of at least 4 members (excludes halogenated alkanes) is 3. The third-order valence-corrected chi connectivity index (χ3v) is 4.09. The van der Waals surface area contributed by atoms with Gasteiger partial charge in [0.05, 0.1) is 0 Å². The van der Waals surface area contributed by atoms with Gasteiger partial charge in [0.1, 0.15) is 11.4 Å². The van der Waals surface area contributed by atoms with E-state index in [-0.39, 0.29) is 5.60 Å². The van der Waals surface area contributed by atoms with Crippen LogP contribution in [0.1, 0.15) is 64.5 Å². The lowest BCUT2D eigenvalue weighted by Gasteiger charge is -2.38. The van der Waals surface area contributed by atoms with Crippen LogP contribution in [0.5, 0.6) is 5.75 Å². The molecule has 0 fully saturated rings. The number of nitrogens with one attached hydrogen (secondary N) is 1. The van der Waals surface area contributed by atoms with Crippen LogP contribution in [0.4, 0.5) is 0 Å². The zero-order valence-corrected chi connectivity index (χ0v) is 13.6. The van der Waals surface area contributed by atoms with Crippen LogP contribution in [0.25, 0.3) is 0 Å². The molecule has 0 aliphatic carbocycles. The molecule has 2 nitrogen and oxygen atoms in total. The summed E-state index contributed by atoms with van der Waals surface area (Å²) in [4.78, 5) is 0. The lowest BCUT2D eigenvalue weighted by molar-refractivity contribution is 0.0660. The molecule has 0 radical (unpaired) electrons. The average Bonchev–Trinajstić information content (AvgIpc) is 2.38. The second-order valence-electron chi connectivity index (χ2n) is 6.32. The second-order valence-corrected chi connectivity index (χ2v) is 6.75. The van der Waals surface area contributed by atoms with Crippen LogP contribution >= 0.6 is 11.6 Å². The van der Waals surface area contributed by atoms with Gasteiger partial charge in [0.25, 0.3) is 0 Å². The molecule has 112 valence electrons. The first kappa shape index (κ1) is 15.7. The van der Waals surface area contributed by atoms with Crippen LogP contribution in [0.3, 0.4) is 0 Å². The van der Waals surface area contributed by atoms with E-state index < -0.39 is 0 Å². The molecule has 0 amide bonds. The van der Waals surface area contributed by atoms with Gasteiger partial charge in [0.15, 0.2) is 0 Å². The molecule has 0 bridgehead atoms. The Hall–Kier alpha value is -0.730. The largest absolute Gasteiger partial charge is 0.487 e. The Labute approximate surface area is 127 Å². The summed E-state index contributed by atoms with van der Waals surface area (Å²) in [6.45, 7) is 7.60. The zero-order valence-electron chi connectivity index (χ0n) is 12.8. The van der Waals surface area contributed by atoms with Gasteiger partial charge in [-0.25, -0.2) is 0 Å². The van der Waals surface area contributed by atoms with Gasteiger partial charge in [0, 0.05) is 23.0 Å². The highest BCUT2D eigenvalue weighted by Crippen LogP contribution is 2.40. The summed E-state index contributed by atoms with van der Waals surface area (Å²) in [5.74, 6) is 0.969. The molecule has 1 unspecified atom stereocenters. The molecule has 1 aliphatic heterocycles. The Kier molecular flexibility index (Phi) is 5.34. The Morgan fingerprint density at radius 3 is 2.85 bits per heavy atom. The van der Waals surface area contributed by atoms with Crippen molar-refractivity contribution < 1.29 is 4.74 Å². The summed E-state index contributed by atoms with van der Waals surface area (Å²) in [7, 11) is 0. The SMILES string of the molecule is CCCCCCNC1CC(C)(C)Oc2ccc(Cl)cc21. The third kappa shape index (κ3) is 4.13. The number of halogens is 1. The van der Waals surface area contributed by atoms with E-state index in [1.54, 1.807) is 0 Å². The van der Waals surface area contributed by atoms with Gasteiger partial charge in [-0.05, 0) is 45.0 Å². The monoisotopic (exact) mass is 295 g/mol. The summed E-state index contributed by atoms with van der Waals surface area (Å²) in [5.41, 5.74) is 1.08. The molecule has 20 heavy (non-hydrogen) atoms. The molecule has 1 atom stereocenters. The molecular formula is C17H26ClNO. The van der Waals surface area contributed by atoms with Crippen molar-refractivity contribution in [3.8, 4) is 5.75 Å². The smallest absolute Gasteiger partial charge is 0.124 e. The summed E-state index contributed by atoms with van der Waals surface area (Å²) in [5, 5.41) is 4.46.